The number of hydrogen-bond acceptors (Lipinski definition) is 7. The van der Waals surface area contributed by atoms with Gasteiger partial charge in [-0.1, -0.05) is 6.42 Å². The molecule has 44 heavy (non-hydrogen) atoms. The van der Waals surface area contributed by atoms with E-state index in [0.717, 1.165) is 37.1 Å². The average Bonchev–Trinajstić information content (AvgIpc) is 3.53. The number of aryl methyl sites for hydroxylation is 1. The first kappa shape index (κ1) is 30.6. The molecule has 1 saturated heterocycles. The number of fused-ring (bicyclic) bond motifs is 2. The summed E-state index contributed by atoms with van der Waals surface area (Å²) in [7, 11) is -0.584. The van der Waals surface area contributed by atoms with Gasteiger partial charge in [-0.2, -0.15) is 8.61 Å². The van der Waals surface area contributed by atoms with Crippen molar-refractivity contribution >= 4 is 43.9 Å². The zero-order valence-corrected chi connectivity index (χ0v) is 26.6. The van der Waals surface area contributed by atoms with Crippen LogP contribution in [0.5, 0.6) is 0 Å². The summed E-state index contributed by atoms with van der Waals surface area (Å²) < 4.78 is 65.7. The van der Waals surface area contributed by atoms with E-state index in [0.29, 0.717) is 53.7 Å². The molecule has 4 aromatic rings. The summed E-state index contributed by atoms with van der Waals surface area (Å²) in [5.41, 5.74) is 2.64. The first-order chi connectivity index (χ1) is 21.1. The lowest BCUT2D eigenvalue weighted by Crippen LogP contribution is -2.40. The zero-order chi connectivity index (χ0) is 31.2. The number of aromatic nitrogens is 2. The molecule has 6 rings (SSSR count). The lowest BCUT2D eigenvalue weighted by molar-refractivity contribution is 0.0964. The van der Waals surface area contributed by atoms with Crippen LogP contribution in [0.3, 0.4) is 0 Å². The molecule has 10 nitrogen and oxygen atoms in total. The van der Waals surface area contributed by atoms with Gasteiger partial charge in [0.25, 0.3) is 15.9 Å². The van der Waals surface area contributed by atoms with Crippen LogP contribution >= 0.6 is 0 Å². The topological polar surface area (TPSA) is 124 Å². The molecule has 0 bridgehead atoms. The van der Waals surface area contributed by atoms with Gasteiger partial charge in [0.2, 0.25) is 0 Å². The van der Waals surface area contributed by atoms with Crippen molar-refractivity contribution in [3.8, 4) is 11.3 Å². The van der Waals surface area contributed by atoms with Gasteiger partial charge in [-0.3, -0.25) is 4.79 Å². The number of nitrogens with one attached hydrogen (secondary N) is 1. The molecule has 13 heteroatoms. The summed E-state index contributed by atoms with van der Waals surface area (Å²) in [6, 6.07) is 9.33. The van der Waals surface area contributed by atoms with Gasteiger partial charge in [-0.15, -0.1) is 0 Å². The molecule has 1 fully saturated rings. The normalized spacial score (nSPS) is 18.5. The van der Waals surface area contributed by atoms with Gasteiger partial charge in [0.1, 0.15) is 29.2 Å². The highest BCUT2D eigenvalue weighted by Gasteiger charge is 2.36. The third-order valence-corrected chi connectivity index (χ3v) is 11.6. The van der Waals surface area contributed by atoms with E-state index in [1.54, 1.807) is 35.8 Å². The maximum atomic E-state index is 14.0. The zero-order valence-electron chi connectivity index (χ0n) is 25.0. The number of piperidine rings is 1. The van der Waals surface area contributed by atoms with Crippen LogP contribution in [0.25, 0.3) is 22.3 Å². The number of anilines is 1. The highest BCUT2D eigenvalue weighted by Crippen LogP contribution is 2.42. The van der Waals surface area contributed by atoms with Crippen LogP contribution in [0.1, 0.15) is 59.8 Å². The number of nitrogens with zero attached hydrogens (tertiary/aromatic N) is 4. The van der Waals surface area contributed by atoms with Crippen LogP contribution in [0, 0.1) is 5.82 Å². The number of carbonyl (C=O) groups excluding carboxylic acids is 1. The molecular weight excluding hydrogens is 606 g/mol. The first-order valence-corrected chi connectivity index (χ1v) is 17.8. The van der Waals surface area contributed by atoms with Crippen molar-refractivity contribution in [3.63, 3.8) is 0 Å². The molecule has 1 amide bonds. The highest BCUT2D eigenvalue weighted by atomic mass is 32.2. The second kappa shape index (κ2) is 12.2. The van der Waals surface area contributed by atoms with Gasteiger partial charge in [-0.05, 0) is 61.6 Å². The lowest BCUT2D eigenvalue weighted by atomic mass is 9.89. The quantitative estimate of drug-likeness (QED) is 0.287. The molecule has 2 aromatic heterocycles. The number of halogens is 1. The third-order valence-electron chi connectivity index (χ3n) is 8.73. The molecule has 2 aromatic carbocycles. The van der Waals surface area contributed by atoms with Crippen molar-refractivity contribution < 1.29 is 26.6 Å². The SMILES string of the molecule is CNC(=O)c1c(-c2ccc(F)cc2)oc2cc(N(C)[S@+](C)[O-])c([C@@H]3CCCN(S(=O)(=O)c4cnc5n4CCCCC5)C3)cc12. The van der Waals surface area contributed by atoms with Crippen molar-refractivity contribution in [1.82, 2.24) is 19.2 Å². The van der Waals surface area contributed by atoms with Crippen LogP contribution in [0.15, 0.2) is 52.0 Å². The van der Waals surface area contributed by atoms with Gasteiger partial charge >= 0.3 is 0 Å². The second-order valence-corrected chi connectivity index (χ2v) is 14.7. The second-order valence-electron chi connectivity index (χ2n) is 11.4. The molecule has 1 N–H and O–H groups in total. The van der Waals surface area contributed by atoms with Gasteiger partial charge in [0.15, 0.2) is 5.03 Å². The summed E-state index contributed by atoms with van der Waals surface area (Å²) in [6.45, 7) is 1.24. The summed E-state index contributed by atoms with van der Waals surface area (Å²) in [5.74, 6) is 0.0810. The van der Waals surface area contributed by atoms with Crippen LogP contribution in [-0.4, -0.2) is 66.2 Å². The van der Waals surface area contributed by atoms with Crippen LogP contribution in [0.4, 0.5) is 10.1 Å². The molecule has 2 atom stereocenters. The first-order valence-electron chi connectivity index (χ1n) is 14.8. The van der Waals surface area contributed by atoms with Gasteiger partial charge in [-0.25, -0.2) is 17.8 Å². The fourth-order valence-electron chi connectivity index (χ4n) is 6.36. The molecule has 0 unspecified atom stereocenters. The summed E-state index contributed by atoms with van der Waals surface area (Å²) in [4.78, 5) is 17.7. The number of imidazole rings is 1. The molecule has 0 aliphatic carbocycles. The summed E-state index contributed by atoms with van der Waals surface area (Å²) in [6.07, 6.45) is 8.11. The molecular formula is C31H36FN5O5S2. The third kappa shape index (κ3) is 5.50. The predicted molar refractivity (Wildman–Crippen MR) is 168 cm³/mol. The number of carbonyl (C=O) groups is 1. The van der Waals surface area contributed by atoms with E-state index in [4.69, 9.17) is 4.42 Å². The van der Waals surface area contributed by atoms with Crippen LogP contribution < -0.4 is 9.62 Å². The minimum atomic E-state index is -3.82. The number of sulfonamides is 1. The van der Waals surface area contributed by atoms with E-state index in [1.807, 2.05) is 10.6 Å². The maximum Gasteiger partial charge on any atom is 0.260 e. The largest absolute Gasteiger partial charge is 0.593 e. The van der Waals surface area contributed by atoms with E-state index in [2.05, 4.69) is 10.3 Å². The van der Waals surface area contributed by atoms with Gasteiger partial charge in [0, 0.05) is 56.0 Å². The van der Waals surface area contributed by atoms with E-state index >= 15 is 0 Å². The Morgan fingerprint density at radius 2 is 1.93 bits per heavy atom. The van der Waals surface area contributed by atoms with Gasteiger partial charge < -0.3 is 18.9 Å². The monoisotopic (exact) mass is 641 g/mol. The minimum absolute atomic E-state index is 0.226. The smallest absolute Gasteiger partial charge is 0.260 e. The standard InChI is InChI=1S/C31H36FN5O5S2/c1-33-31(38)29-24-16-23(25(35(2)43(3)39)17-26(24)42-30(29)20-10-12-22(32)13-11-20)21-8-7-14-36(19-21)44(40,41)28-18-34-27-9-5-4-6-15-37(27)28/h10-13,16-18,21H,4-9,14-15,19H2,1-3H3,(H,33,38)/t21-,43+/m1/s1. The Morgan fingerprint density at radius 3 is 2.66 bits per heavy atom. The van der Waals surface area contributed by atoms with Crippen LogP contribution in [-0.2, 0) is 34.4 Å². The Balaban J connectivity index is 1.45. The van der Waals surface area contributed by atoms with Crippen molar-refractivity contribution in [3.05, 3.63) is 65.4 Å². The van der Waals surface area contributed by atoms with Gasteiger partial charge in [0.05, 0.1) is 35.9 Å². The summed E-state index contributed by atoms with van der Waals surface area (Å²) >= 11 is -1.39. The van der Waals surface area contributed by atoms with E-state index in [9.17, 15) is 22.2 Å². The fraction of sp³-hybridized carbons (Fsp3) is 0.419. The number of hydrogen-bond donors (Lipinski definition) is 1. The maximum absolute atomic E-state index is 14.0. The van der Waals surface area contributed by atoms with E-state index < -0.39 is 27.2 Å². The minimum Gasteiger partial charge on any atom is -0.593 e. The van der Waals surface area contributed by atoms with E-state index in [1.165, 1.54) is 29.7 Å². The summed E-state index contributed by atoms with van der Waals surface area (Å²) in [5, 5.41) is 3.45. The van der Waals surface area contributed by atoms with E-state index in [-0.39, 0.29) is 29.2 Å². The molecule has 2 aliphatic heterocycles. The fourth-order valence-corrected chi connectivity index (χ4v) is 8.47. The van der Waals surface area contributed by atoms with Crippen molar-refractivity contribution in [2.75, 3.05) is 37.7 Å². The predicted octanol–water partition coefficient (Wildman–Crippen LogP) is 4.82. The van der Waals surface area contributed by atoms with Crippen molar-refractivity contribution in [2.45, 2.75) is 56.0 Å². The number of furan rings is 1. The molecule has 2 aliphatic rings. The molecule has 0 radical (unpaired) electrons. The molecule has 0 saturated carbocycles. The number of rotatable bonds is 7. The number of amides is 1. The average molecular weight is 642 g/mol. The Kier molecular flexibility index (Phi) is 8.48. The van der Waals surface area contributed by atoms with Crippen molar-refractivity contribution in [1.29, 1.82) is 0 Å². The Labute approximate surface area is 259 Å². The number of benzene rings is 2. The molecule has 4 heterocycles. The Bertz CT molecular complexity index is 1800. The molecule has 234 valence electrons. The lowest BCUT2D eigenvalue weighted by Gasteiger charge is -2.34. The van der Waals surface area contributed by atoms with Crippen molar-refractivity contribution in [2.24, 2.45) is 0 Å². The molecule has 0 spiro atoms. The van der Waals surface area contributed by atoms with Crippen LogP contribution in [0.2, 0.25) is 0 Å². The Hall–Kier alpha value is -3.39. The Morgan fingerprint density at radius 1 is 1.16 bits per heavy atom. The highest BCUT2D eigenvalue weighted by molar-refractivity contribution is 7.92.